The van der Waals surface area contributed by atoms with E-state index < -0.39 is 0 Å². The molecule has 4 heteroatoms. The summed E-state index contributed by atoms with van der Waals surface area (Å²) in [7, 11) is 0. The Morgan fingerprint density at radius 3 is 2.83 bits per heavy atom. The van der Waals surface area contributed by atoms with Crippen molar-refractivity contribution in [1.29, 1.82) is 0 Å². The zero-order valence-electron chi connectivity index (χ0n) is 10.8. The fourth-order valence-electron chi connectivity index (χ4n) is 2.48. The number of nitrogens with zero attached hydrogens (tertiary/aromatic N) is 1. The maximum Gasteiger partial charge on any atom is 0.237 e. The molecule has 0 aromatic heterocycles. The van der Waals surface area contributed by atoms with E-state index in [1.807, 2.05) is 37.3 Å². The Hall–Kier alpha value is -1.39. The minimum Gasteiger partial charge on any atom is -0.353 e. The molecule has 18 heavy (non-hydrogen) atoms. The normalized spacial score (nSPS) is 22.6. The highest BCUT2D eigenvalue weighted by molar-refractivity contribution is 5.82. The van der Waals surface area contributed by atoms with Crippen molar-refractivity contribution >= 4 is 5.91 Å². The number of hydrogen-bond acceptors (Lipinski definition) is 3. The largest absolute Gasteiger partial charge is 0.353 e. The molecule has 2 atom stereocenters. The summed E-state index contributed by atoms with van der Waals surface area (Å²) in [6, 6.07) is 9.98. The van der Waals surface area contributed by atoms with Crippen molar-refractivity contribution in [3.05, 3.63) is 35.9 Å². The van der Waals surface area contributed by atoms with E-state index in [0.29, 0.717) is 0 Å². The van der Waals surface area contributed by atoms with Crippen LogP contribution in [0, 0.1) is 0 Å². The minimum atomic E-state index is -0.0360. The van der Waals surface area contributed by atoms with Gasteiger partial charge in [-0.25, -0.2) is 0 Å². The molecule has 2 rings (SSSR count). The molecule has 3 N–H and O–H groups in total. The Morgan fingerprint density at radius 1 is 1.44 bits per heavy atom. The Labute approximate surface area is 108 Å². The molecule has 1 aliphatic rings. The Balaban J connectivity index is 2.01. The fraction of sp³-hybridized carbons (Fsp3) is 0.500. The molecule has 1 aromatic rings. The van der Waals surface area contributed by atoms with Crippen LogP contribution in [-0.2, 0) is 4.79 Å². The van der Waals surface area contributed by atoms with Gasteiger partial charge in [0.15, 0.2) is 0 Å². The Bertz CT molecular complexity index is 393. The number of piperazine rings is 1. The Morgan fingerprint density at radius 2 is 2.17 bits per heavy atom. The van der Waals surface area contributed by atoms with Gasteiger partial charge in [0.1, 0.15) is 0 Å². The van der Waals surface area contributed by atoms with Crippen LogP contribution >= 0.6 is 0 Å². The summed E-state index contributed by atoms with van der Waals surface area (Å²) < 4.78 is 0. The first-order valence-electron chi connectivity index (χ1n) is 6.54. The molecule has 2 unspecified atom stereocenters. The second kappa shape index (κ2) is 5.98. The third-order valence-corrected chi connectivity index (χ3v) is 3.49. The third kappa shape index (κ3) is 2.89. The molecular formula is C14H21N3O. The highest BCUT2D eigenvalue weighted by Crippen LogP contribution is 2.15. The van der Waals surface area contributed by atoms with E-state index in [4.69, 9.17) is 5.73 Å². The Kier molecular flexibility index (Phi) is 4.33. The predicted octanol–water partition coefficient (Wildman–Crippen LogP) is 0.897. The van der Waals surface area contributed by atoms with E-state index in [1.54, 1.807) is 0 Å². The second-order valence-electron chi connectivity index (χ2n) is 4.73. The van der Waals surface area contributed by atoms with Crippen LogP contribution in [0.4, 0.5) is 0 Å². The number of nitrogens with one attached hydrogen (secondary N) is 1. The number of benzene rings is 1. The third-order valence-electron chi connectivity index (χ3n) is 3.49. The van der Waals surface area contributed by atoms with Gasteiger partial charge in [-0.3, -0.25) is 9.69 Å². The number of nitrogens with two attached hydrogens (primary N) is 1. The van der Waals surface area contributed by atoms with Crippen LogP contribution in [0.2, 0.25) is 0 Å². The molecule has 0 bridgehead atoms. The lowest BCUT2D eigenvalue weighted by Gasteiger charge is -2.36. The van der Waals surface area contributed by atoms with Gasteiger partial charge in [0.2, 0.25) is 5.91 Å². The van der Waals surface area contributed by atoms with Crippen LogP contribution in [0.25, 0.3) is 0 Å². The van der Waals surface area contributed by atoms with Crippen molar-refractivity contribution < 1.29 is 4.79 Å². The number of hydrogen-bond donors (Lipinski definition) is 2. The molecule has 1 fully saturated rings. The molecule has 4 nitrogen and oxygen atoms in total. The number of rotatable bonds is 4. The number of carbonyl (C=O) groups is 1. The van der Waals surface area contributed by atoms with Gasteiger partial charge in [0.25, 0.3) is 0 Å². The highest BCUT2D eigenvalue weighted by Gasteiger charge is 2.28. The topological polar surface area (TPSA) is 58.4 Å². The summed E-state index contributed by atoms with van der Waals surface area (Å²) in [6.45, 7) is 4.37. The summed E-state index contributed by atoms with van der Waals surface area (Å²) in [5, 5.41) is 2.90. The standard InChI is InChI=1S/C14H21N3O/c1-2-13-14(18)16-8-9-17(13)10-12(15)11-6-4-3-5-7-11/h3-7,12-13H,2,8-10,15H2,1H3,(H,16,18). The summed E-state index contributed by atoms with van der Waals surface area (Å²) in [5.41, 5.74) is 7.34. The minimum absolute atomic E-state index is 0.0338. The van der Waals surface area contributed by atoms with Crippen molar-refractivity contribution in [3.8, 4) is 0 Å². The van der Waals surface area contributed by atoms with E-state index >= 15 is 0 Å². The van der Waals surface area contributed by atoms with Gasteiger partial charge in [-0.05, 0) is 12.0 Å². The monoisotopic (exact) mass is 247 g/mol. The maximum absolute atomic E-state index is 11.8. The van der Waals surface area contributed by atoms with Gasteiger partial charge < -0.3 is 11.1 Å². The molecule has 1 amide bonds. The summed E-state index contributed by atoms with van der Waals surface area (Å²) >= 11 is 0. The van der Waals surface area contributed by atoms with Crippen molar-refractivity contribution in [3.63, 3.8) is 0 Å². The fourth-order valence-corrected chi connectivity index (χ4v) is 2.48. The maximum atomic E-state index is 11.8. The van der Waals surface area contributed by atoms with Crippen LogP contribution in [0.5, 0.6) is 0 Å². The molecular weight excluding hydrogens is 226 g/mol. The van der Waals surface area contributed by atoms with Crippen molar-refractivity contribution in [1.82, 2.24) is 10.2 Å². The van der Waals surface area contributed by atoms with E-state index in [-0.39, 0.29) is 18.0 Å². The molecule has 98 valence electrons. The van der Waals surface area contributed by atoms with Crippen LogP contribution in [-0.4, -0.2) is 36.5 Å². The number of carbonyl (C=O) groups excluding carboxylic acids is 1. The average Bonchev–Trinajstić information content (AvgIpc) is 2.40. The van der Waals surface area contributed by atoms with Gasteiger partial charge in [-0.1, -0.05) is 37.3 Å². The molecule has 1 saturated heterocycles. The summed E-state index contributed by atoms with van der Waals surface area (Å²) in [5.74, 6) is 0.129. The molecule has 0 radical (unpaired) electrons. The van der Waals surface area contributed by atoms with E-state index in [9.17, 15) is 4.79 Å². The van der Waals surface area contributed by atoms with Crippen LogP contribution < -0.4 is 11.1 Å². The lowest BCUT2D eigenvalue weighted by Crippen LogP contribution is -2.56. The summed E-state index contributed by atoms with van der Waals surface area (Å²) in [6.07, 6.45) is 0.827. The van der Waals surface area contributed by atoms with Crippen LogP contribution in [0.1, 0.15) is 24.9 Å². The highest BCUT2D eigenvalue weighted by atomic mass is 16.2. The smallest absolute Gasteiger partial charge is 0.237 e. The molecule has 0 saturated carbocycles. The van der Waals surface area contributed by atoms with Crippen molar-refractivity contribution in [2.45, 2.75) is 25.4 Å². The van der Waals surface area contributed by atoms with Gasteiger partial charge in [0, 0.05) is 25.7 Å². The van der Waals surface area contributed by atoms with Gasteiger partial charge in [0.05, 0.1) is 6.04 Å². The molecule has 0 spiro atoms. The van der Waals surface area contributed by atoms with Crippen LogP contribution in [0.3, 0.4) is 0 Å². The van der Waals surface area contributed by atoms with E-state index in [1.165, 1.54) is 0 Å². The molecule has 1 heterocycles. The predicted molar refractivity (Wildman–Crippen MR) is 72.0 cm³/mol. The first-order chi connectivity index (χ1) is 8.72. The van der Waals surface area contributed by atoms with Crippen molar-refractivity contribution in [2.24, 2.45) is 5.73 Å². The molecule has 0 aliphatic carbocycles. The van der Waals surface area contributed by atoms with Gasteiger partial charge in [-0.2, -0.15) is 0 Å². The molecule has 1 aromatic carbocycles. The summed E-state index contributed by atoms with van der Waals surface area (Å²) in [4.78, 5) is 14.0. The quantitative estimate of drug-likeness (QED) is 0.831. The number of amides is 1. The lowest BCUT2D eigenvalue weighted by atomic mass is 10.0. The van der Waals surface area contributed by atoms with Gasteiger partial charge in [-0.15, -0.1) is 0 Å². The van der Waals surface area contributed by atoms with Crippen LogP contribution in [0.15, 0.2) is 30.3 Å². The van der Waals surface area contributed by atoms with Crippen molar-refractivity contribution in [2.75, 3.05) is 19.6 Å². The van der Waals surface area contributed by atoms with Gasteiger partial charge >= 0.3 is 0 Å². The first kappa shape index (κ1) is 13.1. The SMILES string of the molecule is CCC1C(=O)NCCN1CC(N)c1ccccc1. The second-order valence-corrected chi connectivity index (χ2v) is 4.73. The lowest BCUT2D eigenvalue weighted by molar-refractivity contribution is -0.129. The van der Waals surface area contributed by atoms with E-state index in [0.717, 1.165) is 31.6 Å². The zero-order valence-corrected chi connectivity index (χ0v) is 10.8. The molecule has 1 aliphatic heterocycles. The first-order valence-corrected chi connectivity index (χ1v) is 6.54. The average molecular weight is 247 g/mol. The van der Waals surface area contributed by atoms with E-state index in [2.05, 4.69) is 10.2 Å². The zero-order chi connectivity index (χ0) is 13.0.